The zero-order chi connectivity index (χ0) is 19.3. The number of aromatic amines is 1. The van der Waals surface area contributed by atoms with Gasteiger partial charge in [0.25, 0.3) is 5.91 Å². The van der Waals surface area contributed by atoms with Gasteiger partial charge in [0.05, 0.1) is 0 Å². The monoisotopic (exact) mass is 375 g/mol. The number of benzene rings is 1. The highest BCUT2D eigenvalue weighted by atomic mass is 16.2. The largest absolute Gasteiger partial charge is 0.341 e. The van der Waals surface area contributed by atoms with E-state index in [0.29, 0.717) is 23.9 Å². The minimum Gasteiger partial charge on any atom is -0.341 e. The van der Waals surface area contributed by atoms with Gasteiger partial charge in [-0.2, -0.15) is 5.10 Å². The molecule has 2 heterocycles. The topological polar surface area (TPSA) is 74.8 Å². The van der Waals surface area contributed by atoms with E-state index in [-0.39, 0.29) is 5.91 Å². The van der Waals surface area contributed by atoms with E-state index in [1.54, 1.807) is 11.1 Å². The van der Waals surface area contributed by atoms with E-state index >= 15 is 0 Å². The Bertz CT molecular complexity index is 914. The Morgan fingerprint density at radius 1 is 1.14 bits per heavy atom. The molecule has 1 fully saturated rings. The highest BCUT2D eigenvalue weighted by Gasteiger charge is 2.21. The summed E-state index contributed by atoms with van der Waals surface area (Å²) in [4.78, 5) is 23.4. The highest BCUT2D eigenvalue weighted by molar-refractivity contribution is 5.94. The molecule has 2 aromatic heterocycles. The van der Waals surface area contributed by atoms with Gasteiger partial charge in [-0.1, -0.05) is 31.0 Å². The molecule has 0 radical (unpaired) electrons. The van der Waals surface area contributed by atoms with Crippen LogP contribution in [-0.4, -0.2) is 44.6 Å². The number of carbonyl (C=O) groups is 1. The van der Waals surface area contributed by atoms with Crippen LogP contribution >= 0.6 is 0 Å². The lowest BCUT2D eigenvalue weighted by Gasteiger charge is -2.17. The van der Waals surface area contributed by atoms with Crippen LogP contribution in [0.15, 0.2) is 48.7 Å². The molecule has 6 nitrogen and oxygen atoms in total. The molecule has 1 amide bonds. The first kappa shape index (κ1) is 18.3. The van der Waals surface area contributed by atoms with Crippen molar-refractivity contribution >= 4 is 5.91 Å². The van der Waals surface area contributed by atoms with Gasteiger partial charge in [-0.25, -0.2) is 4.98 Å². The van der Waals surface area contributed by atoms with E-state index in [0.717, 1.165) is 23.5 Å². The van der Waals surface area contributed by atoms with Gasteiger partial charge in [0, 0.05) is 48.9 Å². The molecule has 0 saturated heterocycles. The molecule has 0 bridgehead atoms. The van der Waals surface area contributed by atoms with Gasteiger partial charge in [-0.3, -0.25) is 14.9 Å². The second-order valence-electron chi connectivity index (χ2n) is 7.40. The zero-order valence-electron chi connectivity index (χ0n) is 16.1. The van der Waals surface area contributed by atoms with Gasteiger partial charge in [0.2, 0.25) is 0 Å². The summed E-state index contributed by atoms with van der Waals surface area (Å²) in [6.07, 6.45) is 7.43. The van der Waals surface area contributed by atoms with Crippen molar-refractivity contribution in [2.75, 3.05) is 13.6 Å². The molecular weight excluding hydrogens is 350 g/mol. The van der Waals surface area contributed by atoms with Gasteiger partial charge < -0.3 is 4.90 Å². The maximum atomic E-state index is 12.7. The summed E-state index contributed by atoms with van der Waals surface area (Å²) in [6, 6.07) is 13.4. The van der Waals surface area contributed by atoms with Gasteiger partial charge >= 0.3 is 0 Å². The fraction of sp³-hybridized carbons (Fsp3) is 0.364. The maximum absolute atomic E-state index is 12.7. The van der Waals surface area contributed by atoms with Crippen LogP contribution in [0.3, 0.4) is 0 Å². The predicted octanol–water partition coefficient (Wildman–Crippen LogP) is 3.84. The van der Waals surface area contributed by atoms with Crippen molar-refractivity contribution in [3.05, 3.63) is 65.7 Å². The van der Waals surface area contributed by atoms with Crippen LogP contribution in [0.5, 0.6) is 0 Å². The van der Waals surface area contributed by atoms with E-state index in [9.17, 15) is 4.79 Å². The van der Waals surface area contributed by atoms with E-state index in [2.05, 4.69) is 20.2 Å². The normalized spacial score (nSPS) is 14.3. The predicted molar refractivity (Wildman–Crippen MR) is 108 cm³/mol. The third-order valence-corrected chi connectivity index (χ3v) is 5.41. The molecule has 0 unspecified atom stereocenters. The van der Waals surface area contributed by atoms with Crippen molar-refractivity contribution in [3.8, 4) is 11.4 Å². The number of pyridine rings is 1. The van der Waals surface area contributed by atoms with Gasteiger partial charge in [-0.05, 0) is 37.1 Å². The summed E-state index contributed by atoms with van der Waals surface area (Å²) in [5.74, 6) is 2.20. The van der Waals surface area contributed by atoms with Crippen LogP contribution in [0, 0.1) is 0 Å². The van der Waals surface area contributed by atoms with E-state index < -0.39 is 0 Å². The molecule has 28 heavy (non-hydrogen) atoms. The number of aromatic nitrogens is 4. The molecular formula is C22H25N5O. The Morgan fingerprint density at radius 2 is 1.93 bits per heavy atom. The molecule has 1 aliphatic rings. The molecule has 1 saturated carbocycles. The van der Waals surface area contributed by atoms with Crippen LogP contribution in [0.1, 0.15) is 53.5 Å². The van der Waals surface area contributed by atoms with E-state index in [1.807, 2.05) is 49.5 Å². The number of carbonyl (C=O) groups excluding carboxylic acids is 1. The summed E-state index contributed by atoms with van der Waals surface area (Å²) in [5, 5.41) is 7.46. The van der Waals surface area contributed by atoms with Gasteiger partial charge in [0.15, 0.2) is 5.82 Å². The minimum atomic E-state index is 0.00381. The first-order chi connectivity index (χ1) is 13.7. The van der Waals surface area contributed by atoms with Gasteiger partial charge in [0.1, 0.15) is 5.82 Å². The first-order valence-electron chi connectivity index (χ1n) is 9.89. The molecule has 1 N–H and O–H groups in total. The summed E-state index contributed by atoms with van der Waals surface area (Å²) < 4.78 is 0. The van der Waals surface area contributed by atoms with Crippen molar-refractivity contribution in [2.24, 2.45) is 0 Å². The molecule has 0 spiro atoms. The van der Waals surface area contributed by atoms with Crippen LogP contribution < -0.4 is 0 Å². The number of amides is 1. The van der Waals surface area contributed by atoms with Crippen molar-refractivity contribution in [1.82, 2.24) is 25.1 Å². The number of H-pyrrole nitrogens is 1. The van der Waals surface area contributed by atoms with Crippen molar-refractivity contribution in [2.45, 2.75) is 38.0 Å². The van der Waals surface area contributed by atoms with Crippen molar-refractivity contribution in [1.29, 1.82) is 0 Å². The van der Waals surface area contributed by atoms with Crippen LogP contribution in [0.2, 0.25) is 0 Å². The maximum Gasteiger partial charge on any atom is 0.253 e. The Balaban J connectivity index is 1.39. The molecule has 1 aliphatic carbocycles. The number of hydrogen-bond donors (Lipinski definition) is 1. The second-order valence-corrected chi connectivity index (χ2v) is 7.40. The zero-order valence-corrected chi connectivity index (χ0v) is 16.1. The lowest BCUT2D eigenvalue weighted by molar-refractivity contribution is 0.0796. The molecule has 0 aliphatic heterocycles. The van der Waals surface area contributed by atoms with E-state index in [4.69, 9.17) is 0 Å². The number of nitrogens with one attached hydrogen (secondary N) is 1. The second kappa shape index (κ2) is 8.33. The third kappa shape index (κ3) is 4.11. The highest BCUT2D eigenvalue weighted by Crippen LogP contribution is 2.32. The van der Waals surface area contributed by atoms with Crippen LogP contribution in [-0.2, 0) is 6.42 Å². The fourth-order valence-electron chi connectivity index (χ4n) is 3.70. The summed E-state index contributed by atoms with van der Waals surface area (Å²) >= 11 is 0. The van der Waals surface area contributed by atoms with Gasteiger partial charge in [-0.15, -0.1) is 0 Å². The SMILES string of the molecule is CN(CCc1ccccn1)C(=O)c1ccc(-c2n[nH]c(C3CCCC3)n2)cc1. The fourth-order valence-corrected chi connectivity index (χ4v) is 3.70. The molecule has 1 aromatic carbocycles. The molecule has 4 rings (SSSR count). The molecule has 6 heteroatoms. The van der Waals surface area contributed by atoms with Crippen molar-refractivity contribution < 1.29 is 4.79 Å². The molecule has 0 atom stereocenters. The lowest BCUT2D eigenvalue weighted by Crippen LogP contribution is -2.28. The Labute approximate surface area is 165 Å². The standard InChI is InChI=1S/C22H25N5O/c1-27(15-13-19-8-4-5-14-23-19)22(28)18-11-9-17(10-12-18)21-24-20(25-26-21)16-6-2-3-7-16/h4-5,8-12,14,16H,2-3,6-7,13,15H2,1H3,(H,24,25,26). The minimum absolute atomic E-state index is 0.00381. The van der Waals surface area contributed by atoms with Crippen molar-refractivity contribution in [3.63, 3.8) is 0 Å². The number of nitrogens with zero attached hydrogens (tertiary/aromatic N) is 4. The summed E-state index contributed by atoms with van der Waals surface area (Å²) in [6.45, 7) is 0.628. The Hall–Kier alpha value is -3.02. The average molecular weight is 375 g/mol. The number of likely N-dealkylation sites (N-methyl/N-ethyl adjacent to an activating group) is 1. The van der Waals surface area contributed by atoms with Crippen LogP contribution in [0.25, 0.3) is 11.4 Å². The quantitative estimate of drug-likeness (QED) is 0.710. The average Bonchev–Trinajstić information content (AvgIpc) is 3.44. The summed E-state index contributed by atoms with van der Waals surface area (Å²) in [7, 11) is 1.82. The number of hydrogen-bond acceptors (Lipinski definition) is 4. The first-order valence-corrected chi connectivity index (χ1v) is 9.89. The van der Waals surface area contributed by atoms with Crippen LogP contribution in [0.4, 0.5) is 0 Å². The lowest BCUT2D eigenvalue weighted by atomic mass is 10.1. The third-order valence-electron chi connectivity index (χ3n) is 5.41. The number of rotatable bonds is 6. The smallest absolute Gasteiger partial charge is 0.253 e. The molecule has 144 valence electrons. The van der Waals surface area contributed by atoms with E-state index in [1.165, 1.54) is 25.7 Å². The summed E-state index contributed by atoms with van der Waals surface area (Å²) in [5.41, 5.74) is 2.58. The Morgan fingerprint density at radius 3 is 2.64 bits per heavy atom. The Kier molecular flexibility index (Phi) is 5.46. The molecule has 3 aromatic rings.